The van der Waals surface area contributed by atoms with Crippen LogP contribution in [0.2, 0.25) is 5.02 Å². The fourth-order valence-electron chi connectivity index (χ4n) is 1.64. The molecule has 0 unspecified atom stereocenters. The van der Waals surface area contributed by atoms with Crippen LogP contribution in [-0.2, 0) is 6.54 Å². The van der Waals surface area contributed by atoms with Crippen molar-refractivity contribution in [2.45, 2.75) is 30.1 Å². The van der Waals surface area contributed by atoms with Gasteiger partial charge in [-0.1, -0.05) is 23.7 Å². The van der Waals surface area contributed by atoms with Gasteiger partial charge >= 0.3 is 5.69 Å². The van der Waals surface area contributed by atoms with Crippen LogP contribution in [0.3, 0.4) is 0 Å². The van der Waals surface area contributed by atoms with Crippen LogP contribution in [0.1, 0.15) is 18.9 Å². The molecule has 4 N–H and O–H groups in total. The number of nitrogens with zero attached hydrogens (tertiary/aromatic N) is 4. The first-order chi connectivity index (χ1) is 10.1. The smallest absolute Gasteiger partial charge is 0.343 e. The first-order valence-corrected chi connectivity index (χ1v) is 7.23. The second-order valence-corrected chi connectivity index (χ2v) is 5.36. The Labute approximate surface area is 129 Å². The lowest BCUT2D eigenvalue weighted by atomic mass is 10.2. The van der Waals surface area contributed by atoms with E-state index in [1.807, 2.05) is 6.92 Å². The predicted octanol–water partition coefficient (Wildman–Crippen LogP) is 1.28. The Morgan fingerprint density at radius 1 is 1.67 bits per heavy atom. The molecule has 0 spiro atoms. The Bertz CT molecular complexity index is 726. The highest BCUT2D eigenvalue weighted by Crippen LogP contribution is 2.31. The average molecular weight is 329 g/mol. The number of amidine groups is 1. The molecule has 8 nitrogen and oxygen atoms in total. The van der Waals surface area contributed by atoms with Crippen molar-refractivity contribution in [3.8, 4) is 0 Å². The van der Waals surface area contributed by atoms with E-state index >= 15 is 0 Å². The van der Waals surface area contributed by atoms with Gasteiger partial charge in [-0.05, 0) is 24.2 Å². The van der Waals surface area contributed by atoms with E-state index in [4.69, 9.17) is 22.5 Å². The molecule has 2 rings (SSSR count). The minimum atomic E-state index is -0.289. The van der Waals surface area contributed by atoms with Crippen molar-refractivity contribution >= 4 is 29.2 Å². The van der Waals surface area contributed by atoms with Crippen molar-refractivity contribution in [3.63, 3.8) is 0 Å². The first kappa shape index (κ1) is 15.4. The van der Waals surface area contributed by atoms with Crippen molar-refractivity contribution in [3.05, 3.63) is 33.3 Å². The maximum absolute atomic E-state index is 11.6. The molecule has 0 aliphatic rings. The van der Waals surface area contributed by atoms with E-state index in [0.29, 0.717) is 22.3 Å². The average Bonchev–Trinajstić information content (AvgIpc) is 2.82. The topological polar surface area (TPSA) is 122 Å². The number of halogens is 1. The molecule has 0 aromatic carbocycles. The normalized spacial score (nSPS) is 11.8. The van der Waals surface area contributed by atoms with E-state index in [0.717, 1.165) is 18.2 Å². The fraction of sp³-hybridized carbons (Fsp3) is 0.273. The number of rotatable bonds is 5. The van der Waals surface area contributed by atoms with Crippen molar-refractivity contribution in [1.29, 1.82) is 0 Å². The first-order valence-electron chi connectivity index (χ1n) is 6.04. The molecular weight excluding hydrogens is 316 g/mol. The van der Waals surface area contributed by atoms with Gasteiger partial charge in [0.1, 0.15) is 5.03 Å². The molecule has 112 valence electrons. The van der Waals surface area contributed by atoms with Crippen molar-refractivity contribution in [2.75, 3.05) is 0 Å². The van der Waals surface area contributed by atoms with Crippen molar-refractivity contribution < 1.29 is 5.21 Å². The number of oxime groups is 1. The number of nitrogens with two attached hydrogens (primary N) is 1. The number of pyridine rings is 1. The fourth-order valence-corrected chi connectivity index (χ4v) is 2.82. The Kier molecular flexibility index (Phi) is 4.86. The van der Waals surface area contributed by atoms with E-state index in [-0.39, 0.29) is 16.5 Å². The van der Waals surface area contributed by atoms with Crippen LogP contribution >= 0.6 is 23.4 Å². The van der Waals surface area contributed by atoms with Crippen LogP contribution in [0.15, 0.2) is 32.4 Å². The summed E-state index contributed by atoms with van der Waals surface area (Å²) in [5, 5.41) is 19.1. The molecule has 0 saturated carbocycles. The molecule has 21 heavy (non-hydrogen) atoms. The van der Waals surface area contributed by atoms with E-state index in [9.17, 15) is 4.79 Å². The Hall–Kier alpha value is -2.00. The number of H-pyrrole nitrogens is 1. The van der Waals surface area contributed by atoms with Crippen LogP contribution in [0, 0.1) is 0 Å². The number of aromatic nitrogens is 4. The summed E-state index contributed by atoms with van der Waals surface area (Å²) in [4.78, 5) is 15.8. The number of aromatic amines is 1. The molecule has 0 bridgehead atoms. The van der Waals surface area contributed by atoms with Gasteiger partial charge in [0.15, 0.2) is 11.0 Å². The lowest BCUT2D eigenvalue weighted by Gasteiger charge is -2.07. The van der Waals surface area contributed by atoms with Gasteiger partial charge in [0, 0.05) is 18.3 Å². The zero-order valence-corrected chi connectivity index (χ0v) is 12.6. The highest BCUT2D eigenvalue weighted by molar-refractivity contribution is 7.99. The minimum absolute atomic E-state index is 0.114. The number of hydrogen-bond donors (Lipinski definition) is 3. The van der Waals surface area contributed by atoms with Gasteiger partial charge < -0.3 is 10.9 Å². The Morgan fingerprint density at radius 3 is 3.10 bits per heavy atom. The van der Waals surface area contributed by atoms with Gasteiger partial charge in [0.25, 0.3) is 0 Å². The summed E-state index contributed by atoms with van der Waals surface area (Å²) in [7, 11) is 0. The molecule has 0 radical (unpaired) electrons. The molecule has 0 aliphatic heterocycles. The van der Waals surface area contributed by atoms with Gasteiger partial charge in [-0.25, -0.2) is 14.9 Å². The van der Waals surface area contributed by atoms with E-state index in [1.165, 1.54) is 16.8 Å². The largest absolute Gasteiger partial charge is 0.409 e. The van der Waals surface area contributed by atoms with E-state index in [2.05, 4.69) is 20.3 Å². The summed E-state index contributed by atoms with van der Waals surface area (Å²) in [6.07, 6.45) is 2.27. The van der Waals surface area contributed by atoms with Crippen molar-refractivity contribution in [1.82, 2.24) is 19.7 Å². The second-order valence-electron chi connectivity index (χ2n) is 4.03. The maximum Gasteiger partial charge on any atom is 0.343 e. The quantitative estimate of drug-likeness (QED) is 0.329. The minimum Gasteiger partial charge on any atom is -0.409 e. The number of hydrogen-bond acceptors (Lipinski definition) is 6. The van der Waals surface area contributed by atoms with Gasteiger partial charge in [-0.3, -0.25) is 4.57 Å². The third-order valence-corrected chi connectivity index (χ3v) is 4.09. The molecule has 0 amide bonds. The summed E-state index contributed by atoms with van der Waals surface area (Å²) >= 11 is 7.32. The van der Waals surface area contributed by atoms with Gasteiger partial charge in [0.05, 0.1) is 5.02 Å². The lowest BCUT2D eigenvalue weighted by Crippen LogP contribution is -2.17. The summed E-state index contributed by atoms with van der Waals surface area (Å²) < 4.78 is 1.50. The van der Waals surface area contributed by atoms with Gasteiger partial charge in [-0.2, -0.15) is 0 Å². The van der Waals surface area contributed by atoms with Gasteiger partial charge in [-0.15, -0.1) is 5.10 Å². The molecule has 2 heterocycles. The third-order valence-electron chi connectivity index (χ3n) is 2.60. The van der Waals surface area contributed by atoms with Crippen LogP contribution in [0.5, 0.6) is 0 Å². The third kappa shape index (κ3) is 3.19. The molecule has 2 aromatic heterocycles. The molecule has 0 atom stereocenters. The Balaban J connectivity index is 2.39. The number of nitrogens with one attached hydrogen (secondary N) is 1. The van der Waals surface area contributed by atoms with E-state index < -0.39 is 0 Å². The zero-order chi connectivity index (χ0) is 15.4. The highest BCUT2D eigenvalue weighted by Gasteiger charge is 2.16. The van der Waals surface area contributed by atoms with Crippen LogP contribution in [0.4, 0.5) is 0 Å². The predicted molar refractivity (Wildman–Crippen MR) is 79.0 cm³/mol. The zero-order valence-electron chi connectivity index (χ0n) is 11.1. The molecule has 10 heteroatoms. The standard InChI is InChI=1S/C11H13ClN6O2S/c1-2-5-18-10(19)15-16-11(18)21-9-7(12)6(3-4-14-9)8(13)17-20/h3-4,20H,2,5H2,1H3,(H2,13,17)(H,15,19). The molecule has 0 fully saturated rings. The second kappa shape index (κ2) is 6.64. The molecule has 0 saturated heterocycles. The summed E-state index contributed by atoms with van der Waals surface area (Å²) in [6, 6.07) is 1.53. The summed E-state index contributed by atoms with van der Waals surface area (Å²) in [6.45, 7) is 2.49. The summed E-state index contributed by atoms with van der Waals surface area (Å²) in [5.41, 5.74) is 5.61. The SMILES string of the molecule is CCCn1c(Sc2nccc(/C(N)=N/O)c2Cl)n[nH]c1=O. The molecule has 0 aliphatic carbocycles. The van der Waals surface area contributed by atoms with E-state index in [1.54, 1.807) is 0 Å². The van der Waals surface area contributed by atoms with Crippen LogP contribution in [-0.4, -0.2) is 30.8 Å². The van der Waals surface area contributed by atoms with Crippen LogP contribution in [0.25, 0.3) is 0 Å². The lowest BCUT2D eigenvalue weighted by molar-refractivity contribution is 0.318. The highest BCUT2D eigenvalue weighted by atomic mass is 35.5. The molecule has 2 aromatic rings. The summed E-state index contributed by atoms with van der Waals surface area (Å²) in [5.74, 6) is -0.114. The van der Waals surface area contributed by atoms with Crippen molar-refractivity contribution in [2.24, 2.45) is 10.9 Å². The Morgan fingerprint density at radius 2 is 2.43 bits per heavy atom. The van der Waals surface area contributed by atoms with Crippen LogP contribution < -0.4 is 11.4 Å². The maximum atomic E-state index is 11.6. The monoisotopic (exact) mass is 328 g/mol. The molecular formula is C11H13ClN6O2S. The van der Waals surface area contributed by atoms with Gasteiger partial charge in [0.2, 0.25) is 0 Å².